The fourth-order valence-corrected chi connectivity index (χ4v) is 2.45. The van der Waals surface area contributed by atoms with Crippen LogP contribution in [0.5, 0.6) is 5.75 Å². The molecule has 0 unspecified atom stereocenters. The third-order valence-corrected chi connectivity index (χ3v) is 3.17. The van der Waals surface area contributed by atoms with Crippen molar-refractivity contribution in [3.05, 3.63) is 24.3 Å². The summed E-state index contributed by atoms with van der Waals surface area (Å²) in [5, 5.41) is 9.11. The van der Waals surface area contributed by atoms with Gasteiger partial charge in [0.25, 0.3) is 0 Å². The average Bonchev–Trinajstić information content (AvgIpc) is 1.91. The summed E-state index contributed by atoms with van der Waals surface area (Å²) in [6, 6.07) is 5.99. The number of hydrogen-bond acceptors (Lipinski definition) is 3. The van der Waals surface area contributed by atoms with E-state index in [0.29, 0.717) is 11.4 Å². The van der Waals surface area contributed by atoms with Gasteiger partial charge in [0.1, 0.15) is 5.75 Å². The van der Waals surface area contributed by atoms with E-state index in [1.165, 1.54) is 12.1 Å². The number of phenolic OH excluding ortho intramolecular Hbond substituents is 1. The molecular formula is C6H7O4PS. The van der Waals surface area contributed by atoms with Gasteiger partial charge in [0.05, 0.1) is 4.90 Å². The zero-order chi connectivity index (χ0) is 9.19. The summed E-state index contributed by atoms with van der Waals surface area (Å²) < 4.78 is 10.5. The molecule has 0 aliphatic rings. The fourth-order valence-electron chi connectivity index (χ4n) is 0.662. The van der Waals surface area contributed by atoms with Gasteiger partial charge in [-0.25, -0.2) is 4.57 Å². The number of rotatable bonds is 2. The molecule has 0 fully saturated rings. The van der Waals surface area contributed by atoms with Crippen molar-refractivity contribution in [2.24, 2.45) is 0 Å². The molecule has 66 valence electrons. The molecule has 0 spiro atoms. The zero-order valence-corrected chi connectivity index (χ0v) is 7.63. The number of phenols is 1. The molecule has 0 amide bonds. The molecule has 0 aromatic heterocycles. The van der Waals surface area contributed by atoms with Crippen molar-refractivity contribution in [1.82, 2.24) is 0 Å². The quantitative estimate of drug-likeness (QED) is 0.640. The lowest BCUT2D eigenvalue weighted by atomic mass is 10.3. The van der Waals surface area contributed by atoms with E-state index in [2.05, 4.69) is 0 Å². The molecule has 1 rings (SSSR count). The van der Waals surface area contributed by atoms with Crippen molar-refractivity contribution in [2.75, 3.05) is 0 Å². The second-order valence-corrected chi connectivity index (χ2v) is 5.63. The fraction of sp³-hybridized carbons (Fsp3) is 0. The zero-order valence-electron chi connectivity index (χ0n) is 5.91. The van der Waals surface area contributed by atoms with E-state index in [-0.39, 0.29) is 10.6 Å². The van der Waals surface area contributed by atoms with Crippen LogP contribution in [-0.4, -0.2) is 14.9 Å². The lowest BCUT2D eigenvalue weighted by Crippen LogP contribution is -1.73. The Hall–Kier alpha value is -0.480. The maximum atomic E-state index is 10.5. The lowest BCUT2D eigenvalue weighted by Gasteiger charge is -2.03. The van der Waals surface area contributed by atoms with Crippen LogP contribution in [0.2, 0.25) is 0 Å². The van der Waals surface area contributed by atoms with Crippen molar-refractivity contribution in [3.8, 4) is 5.75 Å². The van der Waals surface area contributed by atoms with Crippen molar-refractivity contribution in [1.29, 1.82) is 0 Å². The third kappa shape index (κ3) is 2.87. The summed E-state index contributed by atoms with van der Waals surface area (Å²) in [7, 11) is 0. The Labute approximate surface area is 73.1 Å². The Morgan fingerprint density at radius 3 is 2.33 bits per heavy atom. The predicted molar refractivity (Wildman–Crippen MR) is 46.0 cm³/mol. The Morgan fingerprint density at radius 2 is 1.83 bits per heavy atom. The van der Waals surface area contributed by atoms with Crippen LogP contribution in [0.3, 0.4) is 0 Å². The van der Waals surface area contributed by atoms with Crippen LogP contribution in [-0.2, 0) is 4.57 Å². The predicted octanol–water partition coefficient (Wildman–Crippen LogP) is 1.58. The highest BCUT2D eigenvalue weighted by molar-refractivity contribution is 8.54. The molecule has 4 nitrogen and oxygen atoms in total. The SMILES string of the molecule is O=P(O)(O)Sc1ccccc1O. The van der Waals surface area contributed by atoms with Gasteiger partial charge in [-0.3, -0.25) is 0 Å². The highest BCUT2D eigenvalue weighted by atomic mass is 32.7. The summed E-state index contributed by atoms with van der Waals surface area (Å²) in [5.41, 5.74) is 0. The van der Waals surface area contributed by atoms with Gasteiger partial charge in [0.15, 0.2) is 0 Å². The van der Waals surface area contributed by atoms with Gasteiger partial charge in [-0.15, -0.1) is 0 Å². The van der Waals surface area contributed by atoms with Crippen molar-refractivity contribution >= 4 is 18.2 Å². The smallest absolute Gasteiger partial charge is 0.388 e. The normalized spacial score (nSPS) is 11.5. The van der Waals surface area contributed by atoms with E-state index in [0.717, 1.165) is 0 Å². The summed E-state index contributed by atoms with van der Waals surface area (Å²) >= 11 is 0.344. The van der Waals surface area contributed by atoms with E-state index in [4.69, 9.17) is 14.9 Å². The summed E-state index contributed by atoms with van der Waals surface area (Å²) in [6.45, 7) is -4.16. The summed E-state index contributed by atoms with van der Waals surface area (Å²) in [4.78, 5) is 17.3. The van der Waals surface area contributed by atoms with E-state index in [9.17, 15) is 4.57 Å². The third-order valence-electron chi connectivity index (χ3n) is 1.08. The van der Waals surface area contributed by atoms with E-state index >= 15 is 0 Å². The Bertz CT molecular complexity index is 321. The van der Waals surface area contributed by atoms with Gasteiger partial charge in [-0.1, -0.05) is 12.1 Å². The molecule has 0 bridgehead atoms. The standard InChI is InChI=1S/C6H7O4PS/c7-5-3-1-2-4-6(5)12-11(8,9)10/h1-4,7H,(H2,8,9,10). The average molecular weight is 206 g/mol. The van der Waals surface area contributed by atoms with Crippen LogP contribution in [0, 0.1) is 0 Å². The van der Waals surface area contributed by atoms with Crippen LogP contribution in [0.4, 0.5) is 0 Å². The second kappa shape index (κ2) is 3.49. The molecule has 1 aromatic rings. The van der Waals surface area contributed by atoms with Crippen LogP contribution in [0.25, 0.3) is 0 Å². The van der Waals surface area contributed by atoms with Gasteiger partial charge < -0.3 is 14.9 Å². The molecule has 0 aliphatic carbocycles. The molecule has 12 heavy (non-hydrogen) atoms. The molecule has 0 radical (unpaired) electrons. The molecule has 0 atom stereocenters. The van der Waals surface area contributed by atoms with Gasteiger partial charge in [0.2, 0.25) is 0 Å². The van der Waals surface area contributed by atoms with Crippen molar-refractivity contribution in [3.63, 3.8) is 0 Å². The van der Waals surface area contributed by atoms with Crippen molar-refractivity contribution in [2.45, 2.75) is 4.90 Å². The summed E-state index contributed by atoms with van der Waals surface area (Å²) in [6.07, 6.45) is 0. The van der Waals surface area contributed by atoms with Gasteiger partial charge >= 0.3 is 6.80 Å². The number of aromatic hydroxyl groups is 1. The molecule has 0 saturated heterocycles. The maximum absolute atomic E-state index is 10.5. The summed E-state index contributed by atoms with van der Waals surface area (Å²) in [5.74, 6) is -0.120. The largest absolute Gasteiger partial charge is 0.507 e. The van der Waals surface area contributed by atoms with Crippen LogP contribution < -0.4 is 0 Å². The van der Waals surface area contributed by atoms with E-state index in [1.807, 2.05) is 0 Å². The first kappa shape index (κ1) is 9.61. The number of benzene rings is 1. The van der Waals surface area contributed by atoms with Gasteiger partial charge in [-0.05, 0) is 23.5 Å². The first-order valence-corrected chi connectivity index (χ1v) is 6.05. The minimum atomic E-state index is -4.16. The van der Waals surface area contributed by atoms with Gasteiger partial charge in [-0.2, -0.15) is 0 Å². The molecule has 0 saturated carbocycles. The van der Waals surface area contributed by atoms with Crippen LogP contribution in [0.1, 0.15) is 0 Å². The highest BCUT2D eigenvalue weighted by Crippen LogP contribution is 2.56. The number of hydrogen-bond donors (Lipinski definition) is 3. The maximum Gasteiger partial charge on any atom is 0.388 e. The minimum Gasteiger partial charge on any atom is -0.507 e. The number of para-hydroxylation sites is 1. The van der Waals surface area contributed by atoms with E-state index in [1.54, 1.807) is 12.1 Å². The van der Waals surface area contributed by atoms with Crippen LogP contribution in [0.15, 0.2) is 29.2 Å². The van der Waals surface area contributed by atoms with Crippen molar-refractivity contribution < 1.29 is 19.5 Å². The monoisotopic (exact) mass is 206 g/mol. The molecule has 0 heterocycles. The molecule has 3 N–H and O–H groups in total. The highest BCUT2D eigenvalue weighted by Gasteiger charge is 2.17. The first-order chi connectivity index (χ1) is 5.49. The topological polar surface area (TPSA) is 77.8 Å². The lowest BCUT2D eigenvalue weighted by molar-refractivity contribution is 0.396. The molecular weight excluding hydrogens is 199 g/mol. The Morgan fingerprint density at radius 1 is 1.25 bits per heavy atom. The molecule has 0 aliphatic heterocycles. The van der Waals surface area contributed by atoms with Gasteiger partial charge in [0, 0.05) is 0 Å². The Kier molecular flexibility index (Phi) is 2.80. The molecule has 1 aromatic carbocycles. The minimum absolute atomic E-state index is 0.120. The molecule has 6 heteroatoms. The van der Waals surface area contributed by atoms with Crippen LogP contribution >= 0.6 is 18.2 Å². The second-order valence-electron chi connectivity index (χ2n) is 2.05. The first-order valence-electron chi connectivity index (χ1n) is 3.02. The Balaban J connectivity index is 2.90. The van der Waals surface area contributed by atoms with E-state index < -0.39 is 6.80 Å².